The number of benzene rings is 2. The van der Waals surface area contributed by atoms with Crippen LogP contribution in [0.1, 0.15) is 43.2 Å². The van der Waals surface area contributed by atoms with Gasteiger partial charge in [-0.3, -0.25) is 4.90 Å². The molecule has 0 radical (unpaired) electrons. The van der Waals surface area contributed by atoms with Crippen LogP contribution in [0, 0.1) is 5.95 Å². The van der Waals surface area contributed by atoms with Crippen LogP contribution in [-0.4, -0.2) is 53.4 Å². The van der Waals surface area contributed by atoms with Gasteiger partial charge in [0, 0.05) is 42.5 Å². The fraction of sp³-hybridized carbons (Fsp3) is 0.367. The van der Waals surface area contributed by atoms with Gasteiger partial charge >= 0.3 is 0 Å². The topological polar surface area (TPSA) is 58.4 Å². The lowest BCUT2D eigenvalue weighted by atomic mass is 9.92. The minimum Gasteiger partial charge on any atom is -0.303 e. The van der Waals surface area contributed by atoms with Crippen molar-refractivity contribution in [1.29, 1.82) is 0 Å². The number of hydrogen-bond acceptors (Lipinski definition) is 5. The number of aromatic nitrogens is 2. The van der Waals surface area contributed by atoms with Gasteiger partial charge in [-0.1, -0.05) is 48.9 Å². The number of nitrogens with zero attached hydrogens (tertiary/aromatic N) is 4. The summed E-state index contributed by atoms with van der Waals surface area (Å²) < 4.78 is 42.9. The van der Waals surface area contributed by atoms with Gasteiger partial charge in [-0.2, -0.15) is 4.39 Å². The zero-order valence-electron chi connectivity index (χ0n) is 21.8. The maximum absolute atomic E-state index is 14.5. The van der Waals surface area contributed by atoms with Crippen LogP contribution in [0.15, 0.2) is 84.0 Å². The van der Waals surface area contributed by atoms with Crippen molar-refractivity contribution in [2.45, 2.75) is 56.1 Å². The third-order valence-electron chi connectivity index (χ3n) is 7.62. The molecule has 8 heteroatoms. The Morgan fingerprint density at radius 1 is 0.921 bits per heavy atom. The first-order chi connectivity index (χ1) is 18.4. The third-order valence-corrected chi connectivity index (χ3v) is 9.31. The van der Waals surface area contributed by atoms with Gasteiger partial charge in [0.25, 0.3) is 10.0 Å². The van der Waals surface area contributed by atoms with Crippen LogP contribution < -0.4 is 0 Å². The summed E-state index contributed by atoms with van der Waals surface area (Å²) in [6.07, 6.45) is 9.12. The number of halogens is 1. The van der Waals surface area contributed by atoms with Gasteiger partial charge < -0.3 is 4.90 Å². The quantitative estimate of drug-likeness (QED) is 0.173. The molecule has 6 nitrogen and oxygen atoms in total. The second-order valence-electron chi connectivity index (χ2n) is 10.2. The van der Waals surface area contributed by atoms with E-state index in [1.165, 1.54) is 29.4 Å². The van der Waals surface area contributed by atoms with Gasteiger partial charge in [0.05, 0.1) is 10.4 Å². The van der Waals surface area contributed by atoms with Crippen molar-refractivity contribution in [2.24, 2.45) is 0 Å². The predicted octanol–water partition coefficient (Wildman–Crippen LogP) is 5.68. The average Bonchev–Trinajstić information content (AvgIpc) is 3.26. The lowest BCUT2D eigenvalue weighted by Gasteiger charge is -2.34. The lowest BCUT2D eigenvalue weighted by molar-refractivity contribution is 0.153. The number of unbranched alkanes of at least 4 members (excludes halogenated alkanes) is 1. The van der Waals surface area contributed by atoms with Crippen LogP contribution in [-0.2, 0) is 23.1 Å². The predicted molar refractivity (Wildman–Crippen MR) is 149 cm³/mol. The highest BCUT2D eigenvalue weighted by molar-refractivity contribution is 7.90. The van der Waals surface area contributed by atoms with Crippen LogP contribution in [0.25, 0.3) is 10.9 Å². The van der Waals surface area contributed by atoms with Crippen LogP contribution in [0.4, 0.5) is 4.39 Å². The molecule has 0 unspecified atom stereocenters. The summed E-state index contributed by atoms with van der Waals surface area (Å²) in [5.74, 6) is -0.462. The zero-order valence-corrected chi connectivity index (χ0v) is 22.7. The van der Waals surface area contributed by atoms with Crippen molar-refractivity contribution >= 4 is 20.9 Å². The third kappa shape index (κ3) is 5.82. The molecule has 2 heterocycles. The average molecular weight is 535 g/mol. The van der Waals surface area contributed by atoms with E-state index in [2.05, 4.69) is 21.8 Å². The Morgan fingerprint density at radius 3 is 2.37 bits per heavy atom. The molecule has 1 fully saturated rings. The molecule has 2 aromatic heterocycles. The van der Waals surface area contributed by atoms with E-state index in [0.29, 0.717) is 30.2 Å². The molecule has 38 heavy (non-hydrogen) atoms. The SMILES string of the molecule is CN(CCCCN(Cc1cccnc1F)Cc1cn(S(=O)(=O)c2ccccc2)c2ccccc12)C1CCC1. The standard InChI is InChI=1S/C30H35FN4O2S/c1-33(26-12-9-13-26)19-7-8-20-34(21-24-11-10-18-32-30(24)31)22-25-23-35(29-17-6-5-16-28(25)29)38(36,37)27-14-3-2-4-15-27/h2-6,10-11,14-18,23,26H,7-9,12-13,19-22H2,1H3. The summed E-state index contributed by atoms with van der Waals surface area (Å²) in [5.41, 5.74) is 2.08. The number of rotatable bonds is 12. The van der Waals surface area contributed by atoms with Gasteiger partial charge in [-0.15, -0.1) is 0 Å². The Morgan fingerprint density at radius 2 is 1.63 bits per heavy atom. The Balaban J connectivity index is 1.39. The molecule has 2 aromatic carbocycles. The van der Waals surface area contributed by atoms with Crippen molar-refractivity contribution in [1.82, 2.24) is 18.8 Å². The smallest absolute Gasteiger partial charge is 0.268 e. The molecule has 0 amide bonds. The van der Waals surface area contributed by atoms with Gasteiger partial charge in [0.15, 0.2) is 0 Å². The van der Waals surface area contributed by atoms with Gasteiger partial charge in [0.1, 0.15) is 0 Å². The second-order valence-corrected chi connectivity index (χ2v) is 12.0. The first-order valence-corrected chi connectivity index (χ1v) is 14.8. The van der Waals surface area contributed by atoms with Crippen LogP contribution >= 0.6 is 0 Å². The Hall–Kier alpha value is -3.07. The Bertz CT molecular complexity index is 1470. The van der Waals surface area contributed by atoms with E-state index < -0.39 is 16.0 Å². The zero-order chi connectivity index (χ0) is 26.5. The molecule has 1 saturated carbocycles. The molecule has 1 aliphatic carbocycles. The van der Waals surface area contributed by atoms with Crippen molar-refractivity contribution in [3.05, 3.63) is 96.2 Å². The number of fused-ring (bicyclic) bond motifs is 1. The summed E-state index contributed by atoms with van der Waals surface area (Å²) in [5, 5.41) is 0.883. The van der Waals surface area contributed by atoms with E-state index in [4.69, 9.17) is 0 Å². The normalized spacial score (nSPS) is 14.4. The van der Waals surface area contributed by atoms with Crippen molar-refractivity contribution in [3.8, 4) is 0 Å². The van der Waals surface area contributed by atoms with Gasteiger partial charge in [0.2, 0.25) is 5.95 Å². The molecule has 4 aromatic rings. The molecule has 1 aliphatic rings. The molecule has 0 aliphatic heterocycles. The molecule has 0 atom stereocenters. The van der Waals surface area contributed by atoms with E-state index in [1.807, 2.05) is 24.3 Å². The van der Waals surface area contributed by atoms with Crippen molar-refractivity contribution < 1.29 is 12.8 Å². The highest BCUT2D eigenvalue weighted by Gasteiger charge is 2.23. The van der Waals surface area contributed by atoms with Crippen LogP contribution in [0.5, 0.6) is 0 Å². The maximum atomic E-state index is 14.5. The molecule has 0 N–H and O–H groups in total. The fourth-order valence-corrected chi connectivity index (χ4v) is 6.60. The van der Waals surface area contributed by atoms with Crippen molar-refractivity contribution in [3.63, 3.8) is 0 Å². The van der Waals surface area contributed by atoms with Gasteiger partial charge in [-0.05, 0) is 75.6 Å². The second kappa shape index (κ2) is 11.8. The molecule has 0 bridgehead atoms. The highest BCUT2D eigenvalue weighted by Crippen LogP contribution is 2.28. The molecular weight excluding hydrogens is 499 g/mol. The summed E-state index contributed by atoms with van der Waals surface area (Å²) in [6, 6.07) is 20.3. The molecule has 200 valence electrons. The van der Waals surface area contributed by atoms with Gasteiger partial charge in [-0.25, -0.2) is 17.4 Å². The molecule has 0 spiro atoms. The van der Waals surface area contributed by atoms with E-state index >= 15 is 0 Å². The monoisotopic (exact) mass is 534 g/mol. The number of hydrogen-bond donors (Lipinski definition) is 0. The minimum atomic E-state index is -3.76. The Labute approximate surface area is 224 Å². The summed E-state index contributed by atoms with van der Waals surface area (Å²) >= 11 is 0. The highest BCUT2D eigenvalue weighted by atomic mass is 32.2. The molecule has 0 saturated heterocycles. The Kier molecular flexibility index (Phi) is 8.21. The largest absolute Gasteiger partial charge is 0.303 e. The first kappa shape index (κ1) is 26.5. The van der Waals surface area contributed by atoms with Crippen LogP contribution in [0.2, 0.25) is 0 Å². The van der Waals surface area contributed by atoms with Crippen molar-refractivity contribution in [2.75, 3.05) is 20.1 Å². The summed E-state index contributed by atoms with van der Waals surface area (Å²) in [7, 11) is -1.56. The summed E-state index contributed by atoms with van der Waals surface area (Å²) in [4.78, 5) is 8.73. The van der Waals surface area contributed by atoms with Crippen LogP contribution in [0.3, 0.4) is 0 Å². The maximum Gasteiger partial charge on any atom is 0.268 e. The van der Waals surface area contributed by atoms with E-state index in [-0.39, 0.29) is 4.90 Å². The fourth-order valence-electron chi connectivity index (χ4n) is 5.19. The van der Waals surface area contributed by atoms with E-state index in [0.717, 1.165) is 36.9 Å². The lowest BCUT2D eigenvalue weighted by Crippen LogP contribution is -2.37. The number of pyridine rings is 1. The first-order valence-electron chi connectivity index (χ1n) is 13.3. The summed E-state index contributed by atoms with van der Waals surface area (Å²) in [6.45, 7) is 2.74. The van der Waals surface area contributed by atoms with E-state index in [9.17, 15) is 12.8 Å². The number of para-hydroxylation sites is 1. The molecular formula is C30H35FN4O2S. The minimum absolute atomic E-state index is 0.247. The molecule has 5 rings (SSSR count). The van der Waals surface area contributed by atoms with E-state index in [1.54, 1.807) is 48.7 Å².